The molecule has 0 aromatic carbocycles. The third-order valence-electron chi connectivity index (χ3n) is 4.31. The minimum Gasteiger partial charge on any atom is -0.363 e. The van der Waals surface area contributed by atoms with Crippen molar-refractivity contribution in [3.05, 3.63) is 0 Å². The number of hydrogen-bond acceptors (Lipinski definition) is 3. The highest BCUT2D eigenvalue weighted by molar-refractivity contribution is 5.85. The first-order valence-corrected chi connectivity index (χ1v) is 7.55. The second-order valence-electron chi connectivity index (χ2n) is 7.18. The molecule has 19 heavy (non-hydrogen) atoms. The number of hydrogen-bond donors (Lipinski definition) is 1. The number of halogens is 1. The highest BCUT2D eigenvalue weighted by Gasteiger charge is 2.30. The van der Waals surface area contributed by atoms with Crippen molar-refractivity contribution in [1.82, 2.24) is 10.2 Å². The van der Waals surface area contributed by atoms with Gasteiger partial charge in [-0.1, -0.05) is 13.8 Å². The van der Waals surface area contributed by atoms with Crippen molar-refractivity contribution in [2.75, 3.05) is 26.2 Å². The van der Waals surface area contributed by atoms with Crippen molar-refractivity contribution in [2.45, 2.75) is 59.2 Å². The van der Waals surface area contributed by atoms with E-state index in [0.29, 0.717) is 11.5 Å². The van der Waals surface area contributed by atoms with Gasteiger partial charge in [0.1, 0.15) is 6.23 Å². The second kappa shape index (κ2) is 7.26. The van der Waals surface area contributed by atoms with Crippen LogP contribution in [0.5, 0.6) is 0 Å². The lowest BCUT2D eigenvalue weighted by atomic mass is 9.90. The van der Waals surface area contributed by atoms with E-state index in [1.54, 1.807) is 0 Å². The van der Waals surface area contributed by atoms with Crippen molar-refractivity contribution in [2.24, 2.45) is 11.3 Å². The maximum atomic E-state index is 5.96. The van der Waals surface area contributed by atoms with Gasteiger partial charge in [0.15, 0.2) is 0 Å². The van der Waals surface area contributed by atoms with Crippen LogP contribution in [-0.4, -0.2) is 43.4 Å². The molecular formula is C15H31ClN2O. The van der Waals surface area contributed by atoms with Crippen LogP contribution in [0.3, 0.4) is 0 Å². The Hall–Kier alpha value is 0.170. The molecule has 2 aliphatic heterocycles. The quantitative estimate of drug-likeness (QED) is 0.865. The first-order valence-electron chi connectivity index (χ1n) is 7.55. The minimum absolute atomic E-state index is 0. The van der Waals surface area contributed by atoms with Crippen LogP contribution in [0.25, 0.3) is 0 Å². The maximum Gasteiger partial charge on any atom is 0.108 e. The average molecular weight is 291 g/mol. The molecule has 2 rings (SSSR count). The molecule has 0 aromatic rings. The van der Waals surface area contributed by atoms with E-state index in [-0.39, 0.29) is 18.6 Å². The van der Waals surface area contributed by atoms with Gasteiger partial charge in [-0.25, -0.2) is 0 Å². The molecule has 0 bridgehead atoms. The summed E-state index contributed by atoms with van der Waals surface area (Å²) in [5.41, 5.74) is 0.299. The van der Waals surface area contributed by atoms with Crippen LogP contribution in [0.1, 0.15) is 47.0 Å². The minimum atomic E-state index is 0. The summed E-state index contributed by atoms with van der Waals surface area (Å²) in [5, 5.41) is 3.56. The Morgan fingerprint density at radius 3 is 2.68 bits per heavy atom. The van der Waals surface area contributed by atoms with Crippen molar-refractivity contribution in [1.29, 1.82) is 0 Å². The van der Waals surface area contributed by atoms with Crippen molar-refractivity contribution in [3.8, 4) is 0 Å². The number of piperidine rings is 1. The molecule has 2 fully saturated rings. The van der Waals surface area contributed by atoms with Crippen LogP contribution < -0.4 is 5.32 Å². The van der Waals surface area contributed by atoms with E-state index < -0.39 is 0 Å². The molecule has 0 amide bonds. The van der Waals surface area contributed by atoms with Gasteiger partial charge in [-0.05, 0) is 45.6 Å². The second-order valence-corrected chi connectivity index (χ2v) is 7.18. The van der Waals surface area contributed by atoms with Crippen LogP contribution in [0.2, 0.25) is 0 Å². The zero-order chi connectivity index (χ0) is 13.2. The molecular weight excluding hydrogens is 260 g/mol. The zero-order valence-electron chi connectivity index (χ0n) is 12.9. The number of ether oxygens (including phenoxy) is 1. The van der Waals surface area contributed by atoms with Gasteiger partial charge in [-0.15, -0.1) is 12.4 Å². The molecule has 114 valence electrons. The van der Waals surface area contributed by atoms with E-state index in [4.69, 9.17) is 4.74 Å². The standard InChI is InChI=1S/C15H30N2O.ClH/c1-12(2)17-7-5-6-13(9-17)8-14-16-10-15(3,4)11-18-14;/h12-14,16H,5-11H2,1-4H3;1H. The van der Waals surface area contributed by atoms with Gasteiger partial charge in [0.2, 0.25) is 0 Å². The summed E-state index contributed by atoms with van der Waals surface area (Å²) >= 11 is 0. The van der Waals surface area contributed by atoms with Gasteiger partial charge in [0, 0.05) is 24.5 Å². The van der Waals surface area contributed by atoms with Gasteiger partial charge >= 0.3 is 0 Å². The van der Waals surface area contributed by atoms with E-state index in [0.717, 1.165) is 19.1 Å². The molecule has 3 nitrogen and oxygen atoms in total. The largest absolute Gasteiger partial charge is 0.363 e. The van der Waals surface area contributed by atoms with E-state index in [9.17, 15) is 0 Å². The molecule has 1 N–H and O–H groups in total. The first kappa shape index (κ1) is 17.2. The number of nitrogens with zero attached hydrogens (tertiary/aromatic N) is 1. The van der Waals surface area contributed by atoms with Crippen molar-refractivity contribution >= 4 is 12.4 Å². The zero-order valence-corrected chi connectivity index (χ0v) is 13.8. The summed E-state index contributed by atoms with van der Waals surface area (Å²) in [4.78, 5) is 2.61. The van der Waals surface area contributed by atoms with Gasteiger partial charge < -0.3 is 9.64 Å². The van der Waals surface area contributed by atoms with Crippen LogP contribution in [-0.2, 0) is 4.74 Å². The summed E-state index contributed by atoms with van der Waals surface area (Å²) in [7, 11) is 0. The Balaban J connectivity index is 0.00000180. The summed E-state index contributed by atoms with van der Waals surface area (Å²) in [6, 6.07) is 0.687. The van der Waals surface area contributed by atoms with Gasteiger partial charge in [-0.2, -0.15) is 0 Å². The molecule has 2 aliphatic rings. The summed E-state index contributed by atoms with van der Waals surface area (Å²) < 4.78 is 5.96. The maximum absolute atomic E-state index is 5.96. The Kier molecular flexibility index (Phi) is 6.58. The lowest BCUT2D eigenvalue weighted by molar-refractivity contribution is -0.0715. The lowest BCUT2D eigenvalue weighted by Gasteiger charge is -2.40. The van der Waals surface area contributed by atoms with Gasteiger partial charge in [-0.3, -0.25) is 5.32 Å². The summed E-state index contributed by atoms with van der Waals surface area (Å²) in [5.74, 6) is 0.805. The monoisotopic (exact) mass is 290 g/mol. The third kappa shape index (κ3) is 5.22. The predicted molar refractivity (Wildman–Crippen MR) is 82.8 cm³/mol. The molecule has 2 atom stereocenters. The molecule has 2 unspecified atom stereocenters. The normalized spacial score (nSPS) is 32.1. The number of likely N-dealkylation sites (tertiary alicyclic amines) is 1. The smallest absolute Gasteiger partial charge is 0.108 e. The van der Waals surface area contributed by atoms with E-state index >= 15 is 0 Å². The Morgan fingerprint density at radius 2 is 2.11 bits per heavy atom. The Morgan fingerprint density at radius 1 is 1.37 bits per heavy atom. The average Bonchev–Trinajstić information content (AvgIpc) is 2.32. The number of nitrogens with one attached hydrogen (secondary N) is 1. The topological polar surface area (TPSA) is 24.5 Å². The van der Waals surface area contributed by atoms with E-state index in [1.807, 2.05) is 0 Å². The lowest BCUT2D eigenvalue weighted by Crippen LogP contribution is -2.49. The summed E-state index contributed by atoms with van der Waals surface area (Å²) in [6.45, 7) is 13.6. The van der Waals surface area contributed by atoms with Gasteiger partial charge in [0.05, 0.1) is 6.61 Å². The first-order chi connectivity index (χ1) is 8.46. The highest BCUT2D eigenvalue weighted by Crippen LogP contribution is 2.26. The highest BCUT2D eigenvalue weighted by atomic mass is 35.5. The van der Waals surface area contributed by atoms with Gasteiger partial charge in [0.25, 0.3) is 0 Å². The van der Waals surface area contributed by atoms with Crippen LogP contribution in [0.4, 0.5) is 0 Å². The van der Waals surface area contributed by atoms with Crippen LogP contribution in [0, 0.1) is 11.3 Å². The molecule has 0 aliphatic carbocycles. The molecule has 2 heterocycles. The fraction of sp³-hybridized carbons (Fsp3) is 1.00. The molecule has 0 spiro atoms. The fourth-order valence-electron chi connectivity index (χ4n) is 3.04. The molecule has 0 aromatic heterocycles. The molecule has 0 saturated carbocycles. The molecule has 4 heteroatoms. The molecule has 0 radical (unpaired) electrons. The third-order valence-corrected chi connectivity index (χ3v) is 4.31. The van der Waals surface area contributed by atoms with E-state index in [1.165, 1.54) is 32.4 Å². The SMILES string of the molecule is CC(C)N1CCCC(CC2NCC(C)(C)CO2)C1.Cl. The van der Waals surface area contributed by atoms with Crippen molar-refractivity contribution in [3.63, 3.8) is 0 Å². The van der Waals surface area contributed by atoms with Crippen molar-refractivity contribution < 1.29 is 4.74 Å². The molecule has 2 saturated heterocycles. The Bertz CT molecular complexity index is 261. The fourth-order valence-corrected chi connectivity index (χ4v) is 3.04. The predicted octanol–water partition coefficient (Wildman–Crippen LogP) is 2.89. The van der Waals surface area contributed by atoms with Crippen LogP contribution in [0.15, 0.2) is 0 Å². The van der Waals surface area contributed by atoms with E-state index in [2.05, 4.69) is 37.9 Å². The number of rotatable bonds is 3. The van der Waals surface area contributed by atoms with Crippen LogP contribution >= 0.6 is 12.4 Å². The Labute approximate surface area is 124 Å². The summed E-state index contributed by atoms with van der Waals surface area (Å²) in [6.07, 6.45) is 4.18.